The summed E-state index contributed by atoms with van der Waals surface area (Å²) < 4.78 is 95.8. The van der Waals surface area contributed by atoms with E-state index in [0.29, 0.717) is 6.07 Å². The third-order valence-electron chi connectivity index (χ3n) is 7.94. The summed E-state index contributed by atoms with van der Waals surface area (Å²) in [4.78, 5) is 26.1. The average molecular weight is 666 g/mol. The number of carbonyl (C=O) groups excluding carboxylic acids is 2. The Kier molecular flexibility index (Phi) is 8.54. The fourth-order valence-electron chi connectivity index (χ4n) is 5.58. The van der Waals surface area contributed by atoms with Crippen molar-refractivity contribution in [2.75, 3.05) is 4.90 Å². The molecule has 0 saturated heterocycles. The Morgan fingerprint density at radius 3 is 1.77 bits per heavy atom. The maximum atomic E-state index is 14.7. The predicted molar refractivity (Wildman–Crippen MR) is 170 cm³/mol. The van der Waals surface area contributed by atoms with Gasteiger partial charge in [0, 0.05) is 40.4 Å². The van der Waals surface area contributed by atoms with E-state index in [1.165, 1.54) is 32.0 Å². The number of alkyl halides is 6. The van der Waals surface area contributed by atoms with E-state index in [-0.39, 0.29) is 40.1 Å². The number of carbonyl (C=O) groups is 2. The van der Waals surface area contributed by atoms with Crippen molar-refractivity contribution in [1.82, 2.24) is 0 Å². The zero-order valence-corrected chi connectivity index (χ0v) is 26.3. The molecule has 0 amide bonds. The van der Waals surface area contributed by atoms with E-state index in [1.807, 2.05) is 38.1 Å². The van der Waals surface area contributed by atoms with Crippen molar-refractivity contribution in [2.24, 2.45) is 0 Å². The van der Waals surface area contributed by atoms with Crippen molar-refractivity contribution >= 4 is 29.0 Å². The summed E-state index contributed by atoms with van der Waals surface area (Å²) in [5.41, 5.74) is -0.805. The largest absolute Gasteiger partial charge is 0.423 e. The van der Waals surface area contributed by atoms with Crippen molar-refractivity contribution < 1.29 is 45.4 Å². The van der Waals surface area contributed by atoms with Gasteiger partial charge >= 0.3 is 24.3 Å². The maximum Gasteiger partial charge on any atom is 0.418 e. The first-order chi connectivity index (χ1) is 22.3. The number of anilines is 3. The Labute approximate surface area is 272 Å². The van der Waals surface area contributed by atoms with Gasteiger partial charge in [-0.05, 0) is 66.4 Å². The average Bonchev–Trinajstić information content (AvgIpc) is 3.22. The number of rotatable bonds is 7. The number of hydrogen-bond acceptors (Lipinski definition) is 5. The Hall–Kier alpha value is -5.32. The van der Waals surface area contributed by atoms with Crippen LogP contribution in [0.15, 0.2) is 103 Å². The van der Waals surface area contributed by atoms with Crippen LogP contribution < -0.4 is 14.4 Å². The molecule has 0 bridgehead atoms. The molecule has 5 nitrogen and oxygen atoms in total. The molecule has 4 aromatic rings. The highest BCUT2D eigenvalue weighted by atomic mass is 19.4. The standard InChI is InChI=1S/C37H29F6NO4/c1-20(2)33(45)47-25-16-24(17-26(19-25)48-34(46)21(3)4)44(32-14-11-22(36(38,39)40)15-31(32)37(41,42)43)23-12-13-28-27-9-7-8-10-29(27)35(5,6)30(28)18-23/h7-19H,1,3H2,2,4-6H3. The summed E-state index contributed by atoms with van der Waals surface area (Å²) in [7, 11) is 0. The molecule has 0 fully saturated rings. The molecular weight excluding hydrogens is 636 g/mol. The van der Waals surface area contributed by atoms with Crippen molar-refractivity contribution in [3.63, 3.8) is 0 Å². The van der Waals surface area contributed by atoms with Gasteiger partial charge in [0.1, 0.15) is 11.5 Å². The number of esters is 2. The molecule has 11 heteroatoms. The molecule has 4 aromatic carbocycles. The van der Waals surface area contributed by atoms with Crippen LogP contribution in [0.2, 0.25) is 0 Å². The maximum absolute atomic E-state index is 14.7. The van der Waals surface area contributed by atoms with E-state index in [2.05, 4.69) is 13.2 Å². The highest BCUT2D eigenvalue weighted by molar-refractivity contribution is 5.91. The number of benzene rings is 4. The molecule has 0 spiro atoms. The predicted octanol–water partition coefficient (Wildman–Crippen LogP) is 10.5. The molecule has 0 atom stereocenters. The summed E-state index contributed by atoms with van der Waals surface area (Å²) in [6.45, 7) is 13.7. The van der Waals surface area contributed by atoms with Gasteiger partial charge in [0.15, 0.2) is 0 Å². The van der Waals surface area contributed by atoms with Crippen LogP contribution in [-0.2, 0) is 27.4 Å². The first-order valence-electron chi connectivity index (χ1n) is 14.5. The van der Waals surface area contributed by atoms with E-state index < -0.39 is 46.5 Å². The van der Waals surface area contributed by atoms with Crippen LogP contribution >= 0.6 is 0 Å². The van der Waals surface area contributed by atoms with Crippen LogP contribution in [0.25, 0.3) is 11.1 Å². The molecule has 248 valence electrons. The summed E-state index contributed by atoms with van der Waals surface area (Å²) >= 11 is 0. The molecule has 48 heavy (non-hydrogen) atoms. The SMILES string of the molecule is C=C(C)C(=O)Oc1cc(OC(=O)C(=C)C)cc(N(c2ccc3c(c2)C(C)(C)c2ccccc2-3)c2ccc(C(F)(F)F)cc2C(F)(F)F)c1. The first kappa shape index (κ1) is 34.0. The summed E-state index contributed by atoms with van der Waals surface area (Å²) in [5, 5.41) is 0. The second kappa shape index (κ2) is 12.0. The lowest BCUT2D eigenvalue weighted by atomic mass is 9.82. The molecule has 0 heterocycles. The number of nitrogens with zero attached hydrogens (tertiary/aromatic N) is 1. The summed E-state index contributed by atoms with van der Waals surface area (Å²) in [6.07, 6.45) is -10.3. The highest BCUT2D eigenvalue weighted by Crippen LogP contribution is 2.52. The van der Waals surface area contributed by atoms with Crippen LogP contribution in [0.3, 0.4) is 0 Å². The fourth-order valence-corrected chi connectivity index (χ4v) is 5.58. The molecule has 1 aliphatic rings. The zero-order valence-electron chi connectivity index (χ0n) is 26.3. The quantitative estimate of drug-likeness (QED) is 0.0851. The number of hydrogen-bond donors (Lipinski definition) is 0. The topological polar surface area (TPSA) is 55.8 Å². The molecule has 0 unspecified atom stereocenters. The van der Waals surface area contributed by atoms with Crippen molar-refractivity contribution in [1.29, 1.82) is 0 Å². The molecule has 0 saturated carbocycles. The van der Waals surface area contributed by atoms with Crippen LogP contribution in [0.5, 0.6) is 11.5 Å². The van der Waals surface area contributed by atoms with Crippen molar-refractivity contribution in [3.05, 3.63) is 125 Å². The Morgan fingerprint density at radius 1 is 0.667 bits per heavy atom. The monoisotopic (exact) mass is 665 g/mol. The summed E-state index contributed by atoms with van der Waals surface area (Å²) in [5.74, 6) is -2.22. The van der Waals surface area contributed by atoms with Gasteiger partial charge < -0.3 is 14.4 Å². The van der Waals surface area contributed by atoms with Crippen molar-refractivity contribution in [2.45, 2.75) is 45.5 Å². The van der Waals surface area contributed by atoms with E-state index >= 15 is 0 Å². The lowest BCUT2D eigenvalue weighted by Crippen LogP contribution is -2.20. The number of ether oxygens (including phenoxy) is 2. The van der Waals surface area contributed by atoms with Gasteiger partial charge in [0.25, 0.3) is 0 Å². The second-order valence-corrected chi connectivity index (χ2v) is 12.0. The van der Waals surface area contributed by atoms with Gasteiger partial charge in [0.2, 0.25) is 0 Å². The van der Waals surface area contributed by atoms with Crippen LogP contribution in [0.4, 0.5) is 43.4 Å². The minimum atomic E-state index is -5.24. The van der Waals surface area contributed by atoms with Crippen LogP contribution in [0.1, 0.15) is 49.9 Å². The van der Waals surface area contributed by atoms with Crippen LogP contribution in [-0.4, -0.2) is 11.9 Å². The minimum absolute atomic E-state index is 0.000238. The summed E-state index contributed by atoms with van der Waals surface area (Å²) in [6, 6.07) is 17.5. The lowest BCUT2D eigenvalue weighted by molar-refractivity contribution is -0.142. The number of fused-ring (bicyclic) bond motifs is 3. The molecule has 0 aliphatic heterocycles. The van der Waals surface area contributed by atoms with E-state index in [9.17, 15) is 35.9 Å². The van der Waals surface area contributed by atoms with Gasteiger partial charge in [-0.3, -0.25) is 0 Å². The van der Waals surface area contributed by atoms with Gasteiger partial charge in [-0.1, -0.05) is 57.3 Å². The smallest absolute Gasteiger partial charge is 0.418 e. The van der Waals surface area contributed by atoms with Crippen LogP contribution in [0, 0.1) is 0 Å². The van der Waals surface area contributed by atoms with Crippen molar-refractivity contribution in [3.8, 4) is 22.6 Å². The lowest BCUT2D eigenvalue weighted by Gasteiger charge is -2.31. The van der Waals surface area contributed by atoms with Gasteiger partial charge in [-0.25, -0.2) is 9.59 Å². The molecule has 0 N–H and O–H groups in total. The zero-order chi connectivity index (χ0) is 35.3. The Morgan fingerprint density at radius 2 is 1.23 bits per heavy atom. The first-order valence-corrected chi connectivity index (χ1v) is 14.5. The fraction of sp³-hybridized carbons (Fsp3) is 0.189. The van der Waals surface area contributed by atoms with Gasteiger partial charge in [-0.2, -0.15) is 26.3 Å². The molecule has 0 radical (unpaired) electrons. The molecule has 0 aromatic heterocycles. The third kappa shape index (κ3) is 6.45. The van der Waals surface area contributed by atoms with E-state index in [4.69, 9.17) is 9.47 Å². The van der Waals surface area contributed by atoms with Gasteiger partial charge in [-0.15, -0.1) is 0 Å². The second-order valence-electron chi connectivity index (χ2n) is 12.0. The van der Waals surface area contributed by atoms with E-state index in [1.54, 1.807) is 18.2 Å². The molecule has 5 rings (SSSR count). The minimum Gasteiger partial charge on any atom is -0.423 e. The molecule has 1 aliphatic carbocycles. The molecular formula is C37H29F6NO4. The highest BCUT2D eigenvalue weighted by Gasteiger charge is 2.41. The van der Waals surface area contributed by atoms with E-state index in [0.717, 1.165) is 33.2 Å². The normalized spacial score (nSPS) is 13.3. The Bertz CT molecular complexity index is 1940. The third-order valence-corrected chi connectivity index (χ3v) is 7.94. The van der Waals surface area contributed by atoms with Gasteiger partial charge in [0.05, 0.1) is 22.5 Å². The Balaban J connectivity index is 1.82. The number of halogens is 6.